The van der Waals surface area contributed by atoms with Crippen molar-refractivity contribution in [3.05, 3.63) is 118 Å². The molecule has 3 aromatic carbocycles. The number of hydrogen-bond acceptors (Lipinski definition) is 0. The second-order valence-electron chi connectivity index (χ2n) is 14.3. The highest BCUT2D eigenvalue weighted by Gasteiger charge is 2.59. The Labute approximate surface area is 227 Å². The summed E-state index contributed by atoms with van der Waals surface area (Å²) in [6, 6.07) is 18.5. The lowest BCUT2D eigenvalue weighted by molar-refractivity contribution is 0.298. The van der Waals surface area contributed by atoms with Gasteiger partial charge in [-0.15, -0.1) is 0 Å². The maximum atomic E-state index is 2.54. The first-order valence-corrected chi connectivity index (χ1v) is 14.1. The summed E-state index contributed by atoms with van der Waals surface area (Å²) in [5, 5.41) is 5.25. The van der Waals surface area contributed by atoms with Crippen molar-refractivity contribution in [2.75, 3.05) is 0 Å². The third kappa shape index (κ3) is 2.92. The molecule has 38 heavy (non-hydrogen) atoms. The smallest absolute Gasteiger partial charge is 0.0315 e. The molecule has 0 saturated heterocycles. The molecular formula is C38H38. The van der Waals surface area contributed by atoms with E-state index in [2.05, 4.69) is 140 Å². The average Bonchev–Trinajstić information content (AvgIpc) is 2.84. The van der Waals surface area contributed by atoms with Crippen molar-refractivity contribution in [1.82, 2.24) is 0 Å². The lowest BCUT2D eigenvalue weighted by Gasteiger charge is -2.59. The summed E-state index contributed by atoms with van der Waals surface area (Å²) in [4.78, 5) is 0. The van der Waals surface area contributed by atoms with E-state index in [1.54, 1.807) is 0 Å². The fourth-order valence-corrected chi connectivity index (χ4v) is 7.34. The van der Waals surface area contributed by atoms with Gasteiger partial charge in [-0.3, -0.25) is 0 Å². The van der Waals surface area contributed by atoms with Crippen LogP contribution in [-0.2, 0) is 0 Å². The van der Waals surface area contributed by atoms with Gasteiger partial charge in [-0.25, -0.2) is 0 Å². The number of benzene rings is 3. The summed E-state index contributed by atoms with van der Waals surface area (Å²) >= 11 is 0. The molecule has 0 radical (unpaired) electrons. The maximum absolute atomic E-state index is 2.54. The molecule has 0 heterocycles. The molecule has 0 unspecified atom stereocenters. The lowest BCUT2D eigenvalue weighted by atomic mass is 9.43. The molecule has 0 N–H and O–H groups in total. The fourth-order valence-electron chi connectivity index (χ4n) is 7.34. The Morgan fingerprint density at radius 1 is 0.500 bits per heavy atom. The van der Waals surface area contributed by atoms with Crippen molar-refractivity contribution >= 4 is 32.7 Å². The van der Waals surface area contributed by atoms with E-state index in [0.29, 0.717) is 0 Å². The van der Waals surface area contributed by atoms with Crippen LogP contribution in [-0.4, -0.2) is 0 Å². The molecule has 0 aliphatic heterocycles. The quantitative estimate of drug-likeness (QED) is 0.273. The van der Waals surface area contributed by atoms with Crippen molar-refractivity contribution in [3.8, 4) is 0 Å². The lowest BCUT2D eigenvalue weighted by Crippen LogP contribution is -2.48. The summed E-state index contributed by atoms with van der Waals surface area (Å²) in [5.41, 5.74) is 11.3. The third-order valence-electron chi connectivity index (χ3n) is 10.0. The van der Waals surface area contributed by atoms with Crippen LogP contribution in [0.15, 0.2) is 107 Å². The molecule has 0 fully saturated rings. The van der Waals surface area contributed by atoms with Crippen LogP contribution < -0.4 is 0 Å². The first kappa shape index (κ1) is 23.7. The second kappa shape index (κ2) is 7.17. The molecule has 0 heteroatoms. The molecule has 7 rings (SSSR count). The van der Waals surface area contributed by atoms with Gasteiger partial charge in [-0.2, -0.15) is 0 Å². The molecule has 4 aliphatic rings. The minimum absolute atomic E-state index is 0.0786. The Kier molecular flexibility index (Phi) is 4.48. The molecule has 3 aromatic rings. The highest BCUT2D eigenvalue weighted by molar-refractivity contribution is 6.05. The Morgan fingerprint density at radius 2 is 0.895 bits per heavy atom. The summed E-state index contributed by atoms with van der Waals surface area (Å²) in [6.07, 6.45) is 14.9. The van der Waals surface area contributed by atoms with E-state index >= 15 is 0 Å². The molecule has 0 saturated carbocycles. The van der Waals surface area contributed by atoms with Gasteiger partial charge in [0.2, 0.25) is 0 Å². The van der Waals surface area contributed by atoms with Crippen LogP contribution in [0.1, 0.15) is 66.5 Å². The van der Waals surface area contributed by atoms with Crippen molar-refractivity contribution in [1.29, 1.82) is 0 Å². The van der Waals surface area contributed by atoms with Crippen LogP contribution in [0.3, 0.4) is 0 Å². The zero-order valence-corrected chi connectivity index (χ0v) is 24.1. The predicted molar refractivity (Wildman–Crippen MR) is 165 cm³/mol. The van der Waals surface area contributed by atoms with Crippen LogP contribution in [0.4, 0.5) is 0 Å². The Hall–Kier alpha value is -3.38. The molecular weight excluding hydrogens is 456 g/mol. The molecule has 0 nitrogen and oxygen atoms in total. The van der Waals surface area contributed by atoms with Gasteiger partial charge in [-0.1, -0.05) is 116 Å². The van der Waals surface area contributed by atoms with Gasteiger partial charge < -0.3 is 0 Å². The highest BCUT2D eigenvalue weighted by atomic mass is 14.6. The van der Waals surface area contributed by atoms with Gasteiger partial charge in [-0.05, 0) is 101 Å². The molecule has 2 atom stereocenters. The fraction of sp³-hybridized carbons (Fsp3) is 0.316. The van der Waals surface area contributed by atoms with Crippen molar-refractivity contribution < 1.29 is 0 Å². The van der Waals surface area contributed by atoms with Gasteiger partial charge in [0.1, 0.15) is 0 Å². The van der Waals surface area contributed by atoms with Crippen molar-refractivity contribution in [2.45, 2.75) is 55.4 Å². The summed E-state index contributed by atoms with van der Waals surface area (Å²) in [7, 11) is 0. The second-order valence-corrected chi connectivity index (χ2v) is 14.3. The molecule has 0 spiro atoms. The highest BCUT2D eigenvalue weighted by Crippen LogP contribution is 2.71. The summed E-state index contributed by atoms with van der Waals surface area (Å²) < 4.78 is 0. The molecule has 0 bridgehead atoms. The standard InChI is InChI=1S/C38H38/c1-35(2,3)29-19-27-13-14-28-20-30(36(4,5)6)22-34-32-18-26-16-24-12-10-9-11-23(24)15-25(26)17-31(32)33(21-29)37(27,7)38(28,34)8/h9-22H,1-8H3/t37-,38-/m0/s1. The van der Waals surface area contributed by atoms with Crippen LogP contribution in [0.2, 0.25) is 0 Å². The Morgan fingerprint density at radius 3 is 1.26 bits per heavy atom. The zero-order chi connectivity index (χ0) is 26.8. The van der Waals surface area contributed by atoms with Gasteiger partial charge in [0.15, 0.2) is 0 Å². The molecule has 4 aliphatic carbocycles. The SMILES string of the molecule is CC(C)(C)C1=CC2=CC=C3C=C(C(C)(C)C)C=C4c5cc6cc7ccccc7cc6cc5C(=C1)[C@@]2(C)[C@@]34C. The maximum Gasteiger partial charge on any atom is 0.0315 e. The van der Waals surface area contributed by atoms with Gasteiger partial charge in [0, 0.05) is 10.8 Å². The van der Waals surface area contributed by atoms with Crippen LogP contribution in [0, 0.1) is 21.7 Å². The average molecular weight is 495 g/mol. The largest absolute Gasteiger partial charge is 0.0616 e. The van der Waals surface area contributed by atoms with E-state index in [0.717, 1.165) is 0 Å². The first-order chi connectivity index (χ1) is 17.8. The third-order valence-corrected chi connectivity index (χ3v) is 10.0. The van der Waals surface area contributed by atoms with Crippen molar-refractivity contribution in [3.63, 3.8) is 0 Å². The van der Waals surface area contributed by atoms with Gasteiger partial charge >= 0.3 is 0 Å². The van der Waals surface area contributed by atoms with E-state index in [1.165, 1.54) is 66.1 Å². The topological polar surface area (TPSA) is 0 Å². The number of allylic oxidation sites excluding steroid dienone is 12. The zero-order valence-electron chi connectivity index (χ0n) is 24.1. The number of rotatable bonds is 0. The minimum atomic E-state index is -0.130. The van der Waals surface area contributed by atoms with Crippen LogP contribution in [0.25, 0.3) is 32.7 Å². The Balaban J connectivity index is 1.64. The normalized spacial score (nSPS) is 26.0. The summed E-state index contributed by atoms with van der Waals surface area (Å²) in [6.45, 7) is 19.0. The first-order valence-electron chi connectivity index (χ1n) is 14.1. The van der Waals surface area contributed by atoms with Crippen LogP contribution in [0.5, 0.6) is 0 Å². The molecule has 0 aromatic heterocycles. The molecule has 190 valence electrons. The Bertz CT molecular complexity index is 1650. The van der Waals surface area contributed by atoms with E-state index in [4.69, 9.17) is 0 Å². The molecule has 0 amide bonds. The van der Waals surface area contributed by atoms with Gasteiger partial charge in [0.05, 0.1) is 0 Å². The van der Waals surface area contributed by atoms with Crippen LogP contribution >= 0.6 is 0 Å². The van der Waals surface area contributed by atoms with Gasteiger partial charge in [0.25, 0.3) is 0 Å². The van der Waals surface area contributed by atoms with E-state index < -0.39 is 0 Å². The predicted octanol–water partition coefficient (Wildman–Crippen LogP) is 10.6. The minimum Gasteiger partial charge on any atom is -0.0616 e. The number of hydrogen-bond donors (Lipinski definition) is 0. The monoisotopic (exact) mass is 494 g/mol. The van der Waals surface area contributed by atoms with E-state index in [-0.39, 0.29) is 21.7 Å². The summed E-state index contributed by atoms with van der Waals surface area (Å²) in [5.74, 6) is 0. The van der Waals surface area contributed by atoms with Crippen molar-refractivity contribution in [2.24, 2.45) is 21.7 Å². The van der Waals surface area contributed by atoms with E-state index in [9.17, 15) is 0 Å². The van der Waals surface area contributed by atoms with E-state index in [1.807, 2.05) is 0 Å². The number of fused-ring (bicyclic) bond motifs is 5.